The van der Waals surface area contributed by atoms with Crippen molar-refractivity contribution in [3.8, 4) is 0 Å². The van der Waals surface area contributed by atoms with Crippen molar-refractivity contribution in [2.45, 2.75) is 0 Å². The van der Waals surface area contributed by atoms with E-state index >= 15 is 0 Å². The van der Waals surface area contributed by atoms with Gasteiger partial charge in [0.2, 0.25) is 6.41 Å². The highest BCUT2D eigenvalue weighted by Gasteiger charge is 2.16. The van der Waals surface area contributed by atoms with Gasteiger partial charge < -0.3 is 5.32 Å². The first kappa shape index (κ1) is 10.7. The molecule has 1 N–H and O–H groups in total. The number of anilines is 1. The van der Waals surface area contributed by atoms with Gasteiger partial charge in [0, 0.05) is 6.07 Å². The first-order chi connectivity index (χ1) is 6.56. The summed E-state index contributed by atoms with van der Waals surface area (Å²) in [4.78, 5) is 20.0. The Kier molecular flexibility index (Phi) is 3.27. The topological polar surface area (TPSA) is 72.2 Å². The zero-order valence-electron chi connectivity index (χ0n) is 6.66. The number of nitro benzene ring substituents is 1. The van der Waals surface area contributed by atoms with Crippen LogP contribution in [0.4, 0.5) is 11.4 Å². The van der Waals surface area contributed by atoms with E-state index in [0.29, 0.717) is 6.41 Å². The number of rotatable bonds is 3. The normalized spacial score (nSPS) is 9.57. The molecule has 1 aromatic carbocycles. The van der Waals surface area contributed by atoms with Gasteiger partial charge in [0.05, 0.1) is 15.0 Å². The van der Waals surface area contributed by atoms with E-state index < -0.39 is 4.92 Å². The molecule has 0 atom stereocenters. The maximum Gasteiger partial charge on any atom is 0.294 e. The molecule has 0 unspecified atom stereocenters. The fourth-order valence-electron chi connectivity index (χ4n) is 0.866. The lowest BCUT2D eigenvalue weighted by Gasteiger charge is -2.02. The lowest BCUT2D eigenvalue weighted by Crippen LogP contribution is -1.99. The fraction of sp³-hybridized carbons (Fsp3) is 0. The number of carbonyl (C=O) groups is 1. The SMILES string of the molecule is O=CNc1cc(Cl)c(Cl)cc1[N+](=O)[O-]. The molecule has 0 spiro atoms. The molecule has 0 radical (unpaired) electrons. The van der Waals surface area contributed by atoms with Crippen molar-refractivity contribution in [2.75, 3.05) is 5.32 Å². The van der Waals surface area contributed by atoms with Gasteiger partial charge in [0.15, 0.2) is 0 Å². The Morgan fingerprint density at radius 3 is 2.43 bits per heavy atom. The van der Waals surface area contributed by atoms with Gasteiger partial charge >= 0.3 is 0 Å². The fourth-order valence-corrected chi connectivity index (χ4v) is 1.19. The first-order valence-electron chi connectivity index (χ1n) is 3.40. The molecule has 14 heavy (non-hydrogen) atoms. The summed E-state index contributed by atoms with van der Waals surface area (Å²) in [7, 11) is 0. The van der Waals surface area contributed by atoms with E-state index in [2.05, 4.69) is 5.32 Å². The molecule has 1 aromatic rings. The van der Waals surface area contributed by atoms with Crippen LogP contribution in [-0.4, -0.2) is 11.3 Å². The van der Waals surface area contributed by atoms with Gasteiger partial charge in [-0.15, -0.1) is 0 Å². The van der Waals surface area contributed by atoms with E-state index in [4.69, 9.17) is 23.2 Å². The van der Waals surface area contributed by atoms with Crippen LogP contribution in [0.5, 0.6) is 0 Å². The third-order valence-corrected chi connectivity index (χ3v) is 2.17. The van der Waals surface area contributed by atoms with Gasteiger partial charge in [-0.3, -0.25) is 14.9 Å². The zero-order chi connectivity index (χ0) is 10.7. The average molecular weight is 235 g/mol. The van der Waals surface area contributed by atoms with E-state index in [0.717, 1.165) is 6.07 Å². The minimum absolute atomic E-state index is 0.0133. The van der Waals surface area contributed by atoms with E-state index in [1.165, 1.54) is 6.07 Å². The van der Waals surface area contributed by atoms with Crippen molar-refractivity contribution in [3.63, 3.8) is 0 Å². The number of benzene rings is 1. The Labute approximate surface area is 88.8 Å². The lowest BCUT2D eigenvalue weighted by molar-refractivity contribution is -0.383. The summed E-state index contributed by atoms with van der Waals surface area (Å²) in [5.74, 6) is 0. The molecule has 0 aliphatic heterocycles. The molecule has 0 heterocycles. The van der Waals surface area contributed by atoms with Crippen LogP contribution in [0.2, 0.25) is 10.0 Å². The summed E-state index contributed by atoms with van der Waals surface area (Å²) in [5, 5.41) is 12.9. The minimum Gasteiger partial charge on any atom is -0.323 e. The second-order valence-electron chi connectivity index (χ2n) is 2.30. The van der Waals surface area contributed by atoms with Gasteiger partial charge in [0.25, 0.3) is 5.69 Å². The molecule has 1 rings (SSSR count). The van der Waals surface area contributed by atoms with Gasteiger partial charge in [0.1, 0.15) is 5.69 Å². The van der Waals surface area contributed by atoms with Crippen LogP contribution in [0.1, 0.15) is 0 Å². The lowest BCUT2D eigenvalue weighted by atomic mass is 10.2. The van der Waals surface area contributed by atoms with Crippen molar-refractivity contribution < 1.29 is 9.72 Å². The molecule has 0 aliphatic rings. The van der Waals surface area contributed by atoms with Gasteiger partial charge in [-0.1, -0.05) is 23.2 Å². The summed E-state index contributed by atoms with van der Waals surface area (Å²) >= 11 is 11.2. The van der Waals surface area contributed by atoms with Crippen LogP contribution in [0, 0.1) is 10.1 Å². The van der Waals surface area contributed by atoms with Crippen LogP contribution in [0.3, 0.4) is 0 Å². The van der Waals surface area contributed by atoms with E-state index in [9.17, 15) is 14.9 Å². The van der Waals surface area contributed by atoms with Crippen molar-refractivity contribution in [2.24, 2.45) is 0 Å². The molecule has 1 amide bonds. The molecule has 0 fully saturated rings. The number of nitrogens with zero attached hydrogens (tertiary/aromatic N) is 1. The number of nitrogens with one attached hydrogen (secondary N) is 1. The van der Waals surface area contributed by atoms with Crippen molar-refractivity contribution in [3.05, 3.63) is 32.3 Å². The smallest absolute Gasteiger partial charge is 0.294 e. The number of hydrogen-bond acceptors (Lipinski definition) is 3. The molecule has 74 valence electrons. The van der Waals surface area contributed by atoms with Crippen molar-refractivity contribution in [1.29, 1.82) is 0 Å². The minimum atomic E-state index is -0.659. The predicted molar refractivity (Wildman–Crippen MR) is 52.8 cm³/mol. The van der Waals surface area contributed by atoms with Crippen LogP contribution >= 0.6 is 23.2 Å². The maximum atomic E-state index is 10.5. The summed E-state index contributed by atoms with van der Waals surface area (Å²) in [5.41, 5.74) is -0.286. The van der Waals surface area contributed by atoms with Crippen LogP contribution in [0.15, 0.2) is 12.1 Å². The molecular weight excluding hydrogens is 231 g/mol. The highest BCUT2D eigenvalue weighted by atomic mass is 35.5. The quantitative estimate of drug-likeness (QED) is 0.496. The Hall–Kier alpha value is -1.33. The number of hydrogen-bond donors (Lipinski definition) is 1. The number of halogens is 2. The van der Waals surface area contributed by atoms with Crippen molar-refractivity contribution >= 4 is 41.0 Å². The van der Waals surface area contributed by atoms with E-state index in [1.54, 1.807) is 0 Å². The molecule has 0 saturated heterocycles. The highest BCUT2D eigenvalue weighted by molar-refractivity contribution is 6.42. The molecule has 0 aromatic heterocycles. The summed E-state index contributed by atoms with van der Waals surface area (Å²) in [6.45, 7) is 0. The van der Waals surface area contributed by atoms with E-state index in [1.807, 2.05) is 0 Å². The molecule has 0 saturated carbocycles. The second-order valence-corrected chi connectivity index (χ2v) is 3.12. The molecular formula is C7H4Cl2N2O3. The van der Waals surface area contributed by atoms with Crippen molar-refractivity contribution in [1.82, 2.24) is 0 Å². The third-order valence-electron chi connectivity index (χ3n) is 1.45. The summed E-state index contributed by atoms with van der Waals surface area (Å²) in [6, 6.07) is 2.30. The number of carbonyl (C=O) groups excluding carboxylic acids is 1. The largest absolute Gasteiger partial charge is 0.323 e. The van der Waals surface area contributed by atoms with Crippen LogP contribution < -0.4 is 5.32 Å². The second kappa shape index (κ2) is 4.26. The monoisotopic (exact) mass is 234 g/mol. The number of nitro groups is 1. The molecule has 0 bridgehead atoms. The third kappa shape index (κ3) is 2.12. The summed E-state index contributed by atoms with van der Waals surface area (Å²) < 4.78 is 0. The molecule has 0 aliphatic carbocycles. The van der Waals surface area contributed by atoms with Crippen LogP contribution in [-0.2, 0) is 4.79 Å². The highest BCUT2D eigenvalue weighted by Crippen LogP contribution is 2.33. The molecule has 7 heteroatoms. The zero-order valence-corrected chi connectivity index (χ0v) is 8.17. The Balaban J connectivity index is 3.30. The average Bonchev–Trinajstić information content (AvgIpc) is 2.11. The molecule has 5 nitrogen and oxygen atoms in total. The Morgan fingerprint density at radius 1 is 1.36 bits per heavy atom. The summed E-state index contributed by atoms with van der Waals surface area (Å²) in [6.07, 6.45) is 0.326. The van der Waals surface area contributed by atoms with E-state index in [-0.39, 0.29) is 21.4 Å². The first-order valence-corrected chi connectivity index (χ1v) is 4.15. The van der Waals surface area contributed by atoms with Gasteiger partial charge in [-0.2, -0.15) is 0 Å². The van der Waals surface area contributed by atoms with Gasteiger partial charge in [-0.25, -0.2) is 0 Å². The van der Waals surface area contributed by atoms with Crippen LogP contribution in [0.25, 0.3) is 0 Å². The standard InChI is InChI=1S/C7H4Cl2N2O3/c8-4-1-6(10-3-12)7(11(13)14)2-5(4)9/h1-3H,(H,10,12). The number of amides is 1. The predicted octanol–water partition coefficient (Wildman–Crippen LogP) is 2.47. The Morgan fingerprint density at radius 2 is 1.93 bits per heavy atom. The maximum absolute atomic E-state index is 10.5. The van der Waals surface area contributed by atoms with Gasteiger partial charge in [-0.05, 0) is 6.07 Å². The Bertz CT molecular complexity index is 395.